The molecule has 0 bridgehead atoms. The van der Waals surface area contributed by atoms with Gasteiger partial charge >= 0.3 is 0 Å². The number of halogens is 3. The first-order valence-corrected chi connectivity index (χ1v) is 14.0. The van der Waals surface area contributed by atoms with Crippen LogP contribution >= 0.6 is 19.5 Å². The Bertz CT molecular complexity index is 1250. The van der Waals surface area contributed by atoms with E-state index < -0.39 is 12.0 Å². The monoisotopic (exact) mass is 517 g/mol. The highest BCUT2D eigenvalue weighted by Crippen LogP contribution is 2.53. The van der Waals surface area contributed by atoms with Crippen LogP contribution in [0.25, 0.3) is 0 Å². The predicted molar refractivity (Wildman–Crippen MR) is 140 cm³/mol. The average molecular weight is 518 g/mol. The van der Waals surface area contributed by atoms with Crippen LogP contribution in [0, 0.1) is 11.2 Å². The minimum absolute atomic E-state index is 0.0117. The number of nitrogens with one attached hydrogen (secondary N) is 2. The summed E-state index contributed by atoms with van der Waals surface area (Å²) in [5, 5.41) is 7.96. The van der Waals surface area contributed by atoms with E-state index in [0.717, 1.165) is 5.69 Å². The summed E-state index contributed by atoms with van der Waals surface area (Å²) in [6.07, 6.45) is 1.92. The van der Waals surface area contributed by atoms with Crippen molar-refractivity contribution in [3.05, 3.63) is 53.4 Å². The van der Waals surface area contributed by atoms with Crippen LogP contribution in [0.4, 0.5) is 37.6 Å². The standard InChI is InChI=1S/C25H27ClF2N5OP/c1-34-22-19(8-15(27)9-20(22)33-13-25(14-33)10-16(28)11-25)31-24-29-12-17(26)23(32-24)30-18-6-4-5-7-21(18)35(2)3/h4-9,12,16H,10-11,13-14H2,1-3H3,(H2,29,30,31,32). The van der Waals surface area contributed by atoms with Crippen LogP contribution in [0.5, 0.6) is 5.75 Å². The smallest absolute Gasteiger partial charge is 0.229 e. The normalized spacial score (nSPS) is 16.7. The first-order chi connectivity index (χ1) is 16.8. The van der Waals surface area contributed by atoms with Crippen molar-refractivity contribution in [1.29, 1.82) is 0 Å². The lowest BCUT2D eigenvalue weighted by molar-refractivity contribution is 0.000642. The lowest BCUT2D eigenvalue weighted by Gasteiger charge is -2.58. The van der Waals surface area contributed by atoms with Crippen molar-refractivity contribution in [2.45, 2.75) is 19.0 Å². The van der Waals surface area contributed by atoms with Crippen molar-refractivity contribution in [1.82, 2.24) is 9.97 Å². The largest absolute Gasteiger partial charge is 0.492 e. The second kappa shape index (κ2) is 9.40. The molecular formula is C25H27ClF2N5OP. The Morgan fingerprint density at radius 3 is 2.57 bits per heavy atom. The van der Waals surface area contributed by atoms with Gasteiger partial charge in [-0.05, 0) is 37.5 Å². The van der Waals surface area contributed by atoms with Crippen LogP contribution in [0.3, 0.4) is 0 Å². The molecule has 2 aromatic carbocycles. The van der Waals surface area contributed by atoms with Crippen LogP contribution in [-0.2, 0) is 0 Å². The molecule has 35 heavy (non-hydrogen) atoms. The van der Waals surface area contributed by atoms with Crippen molar-refractivity contribution < 1.29 is 13.5 Å². The second-order valence-corrected chi connectivity index (χ2v) is 12.1. The number of anilines is 5. The maximum atomic E-state index is 14.6. The molecule has 184 valence electrons. The fraction of sp³-hybridized carbons (Fsp3) is 0.360. The summed E-state index contributed by atoms with van der Waals surface area (Å²) in [5.41, 5.74) is 1.97. The summed E-state index contributed by atoms with van der Waals surface area (Å²) in [4.78, 5) is 10.8. The predicted octanol–water partition coefficient (Wildman–Crippen LogP) is 6.07. The van der Waals surface area contributed by atoms with E-state index in [9.17, 15) is 8.78 Å². The first-order valence-electron chi connectivity index (χ1n) is 11.4. The summed E-state index contributed by atoms with van der Waals surface area (Å²) >= 11 is 6.39. The molecule has 6 nitrogen and oxygen atoms in total. The van der Waals surface area contributed by atoms with Crippen LogP contribution < -0.4 is 25.6 Å². The molecule has 2 fully saturated rings. The number of aromatic nitrogens is 2. The minimum atomic E-state index is -0.720. The molecule has 5 rings (SSSR count). The Morgan fingerprint density at radius 1 is 1.14 bits per heavy atom. The number of benzene rings is 2. The maximum Gasteiger partial charge on any atom is 0.229 e. The fourth-order valence-electron chi connectivity index (χ4n) is 4.93. The number of rotatable bonds is 7. The van der Waals surface area contributed by atoms with E-state index >= 15 is 0 Å². The summed E-state index contributed by atoms with van der Waals surface area (Å²) in [6, 6.07) is 10.8. The Morgan fingerprint density at radius 2 is 1.89 bits per heavy atom. The molecule has 1 saturated carbocycles. The molecule has 1 aromatic heterocycles. The highest BCUT2D eigenvalue weighted by atomic mass is 35.5. The molecule has 10 heteroatoms. The molecule has 0 amide bonds. The van der Waals surface area contributed by atoms with Crippen molar-refractivity contribution in [2.24, 2.45) is 5.41 Å². The van der Waals surface area contributed by atoms with Gasteiger partial charge in [-0.15, -0.1) is 0 Å². The lowest BCUT2D eigenvalue weighted by atomic mass is 9.62. The van der Waals surface area contributed by atoms with Gasteiger partial charge in [0.05, 0.1) is 24.7 Å². The van der Waals surface area contributed by atoms with Gasteiger partial charge in [-0.25, -0.2) is 13.8 Å². The second-order valence-electron chi connectivity index (χ2n) is 9.42. The van der Waals surface area contributed by atoms with E-state index in [4.69, 9.17) is 16.3 Å². The Balaban J connectivity index is 1.40. The summed E-state index contributed by atoms with van der Waals surface area (Å²) in [6.45, 7) is 5.74. The van der Waals surface area contributed by atoms with E-state index in [2.05, 4.69) is 40.0 Å². The van der Waals surface area contributed by atoms with E-state index in [1.54, 1.807) is 7.11 Å². The third-order valence-electron chi connectivity index (χ3n) is 6.57. The Hall–Kier alpha value is -2.70. The van der Waals surface area contributed by atoms with Gasteiger partial charge in [0.15, 0.2) is 11.6 Å². The van der Waals surface area contributed by atoms with E-state index in [1.807, 2.05) is 23.1 Å². The lowest BCUT2D eigenvalue weighted by Crippen LogP contribution is -2.63. The molecule has 0 radical (unpaired) electrons. The van der Waals surface area contributed by atoms with Crippen molar-refractivity contribution >= 4 is 53.7 Å². The van der Waals surface area contributed by atoms with Crippen LogP contribution in [0.15, 0.2) is 42.6 Å². The third-order valence-corrected chi connectivity index (χ3v) is 8.20. The molecule has 1 saturated heterocycles. The van der Waals surface area contributed by atoms with Crippen molar-refractivity contribution in [2.75, 3.05) is 49.1 Å². The summed E-state index contributed by atoms with van der Waals surface area (Å²) < 4.78 is 33.7. The van der Waals surface area contributed by atoms with Gasteiger partial charge in [0, 0.05) is 36.3 Å². The summed E-state index contributed by atoms with van der Waals surface area (Å²) in [7, 11) is 1.20. The fourth-order valence-corrected chi connectivity index (χ4v) is 6.06. The number of para-hydroxylation sites is 1. The van der Waals surface area contributed by atoms with Crippen molar-refractivity contribution in [3.8, 4) is 5.75 Å². The van der Waals surface area contributed by atoms with Crippen LogP contribution in [0.2, 0.25) is 5.02 Å². The van der Waals surface area contributed by atoms with E-state index in [0.29, 0.717) is 53.9 Å². The highest BCUT2D eigenvalue weighted by molar-refractivity contribution is 7.64. The van der Waals surface area contributed by atoms with Crippen molar-refractivity contribution in [3.63, 3.8) is 0 Å². The van der Waals surface area contributed by atoms with Gasteiger partial charge < -0.3 is 20.3 Å². The molecule has 2 heterocycles. The minimum Gasteiger partial charge on any atom is -0.492 e. The zero-order valence-corrected chi connectivity index (χ0v) is 21.4. The summed E-state index contributed by atoms with van der Waals surface area (Å²) in [5.74, 6) is 0.762. The topological polar surface area (TPSA) is 62.3 Å². The zero-order chi connectivity index (χ0) is 24.7. The molecule has 1 aliphatic heterocycles. The van der Waals surface area contributed by atoms with Gasteiger partial charge in [0.1, 0.15) is 17.0 Å². The van der Waals surface area contributed by atoms with Gasteiger partial charge in [-0.1, -0.05) is 37.7 Å². The molecule has 2 N–H and O–H groups in total. The molecule has 2 aliphatic rings. The molecule has 0 atom stereocenters. The van der Waals surface area contributed by atoms with Crippen LogP contribution in [0.1, 0.15) is 12.8 Å². The highest BCUT2D eigenvalue weighted by Gasteiger charge is 2.53. The van der Waals surface area contributed by atoms with Gasteiger partial charge in [0.2, 0.25) is 5.95 Å². The first kappa shape index (κ1) is 24.0. The molecule has 1 aliphatic carbocycles. The number of hydrogen-bond donors (Lipinski definition) is 2. The molecule has 0 unspecified atom stereocenters. The number of nitrogens with zero attached hydrogens (tertiary/aromatic N) is 3. The average Bonchev–Trinajstić information content (AvgIpc) is 2.77. The maximum absolute atomic E-state index is 14.6. The number of ether oxygens (including phenoxy) is 1. The van der Waals surface area contributed by atoms with E-state index in [1.165, 1.54) is 23.6 Å². The van der Waals surface area contributed by atoms with E-state index in [-0.39, 0.29) is 19.3 Å². The number of hydrogen-bond acceptors (Lipinski definition) is 6. The Kier molecular flexibility index (Phi) is 6.45. The van der Waals surface area contributed by atoms with Crippen LogP contribution in [-0.4, -0.2) is 49.7 Å². The van der Waals surface area contributed by atoms with Gasteiger partial charge in [0.25, 0.3) is 0 Å². The number of alkyl halides is 1. The van der Waals surface area contributed by atoms with Gasteiger partial charge in [-0.2, -0.15) is 4.98 Å². The quantitative estimate of drug-likeness (QED) is 0.371. The zero-order valence-electron chi connectivity index (χ0n) is 19.8. The molecule has 1 spiro atoms. The van der Waals surface area contributed by atoms with Gasteiger partial charge in [-0.3, -0.25) is 0 Å². The third kappa shape index (κ3) is 4.74. The Labute approximate surface area is 209 Å². The molecular weight excluding hydrogens is 491 g/mol. The SMILES string of the molecule is COc1c(Nc2ncc(Cl)c(Nc3ccccc3P(C)C)n2)cc(F)cc1N1CC2(CC(F)C2)C1. The molecule has 3 aromatic rings. The number of methoxy groups -OCH3 is 1.